The van der Waals surface area contributed by atoms with Crippen LogP contribution in [0.1, 0.15) is 24.2 Å². The lowest BCUT2D eigenvalue weighted by molar-refractivity contribution is 0.117. The molecule has 0 aliphatic rings. The van der Waals surface area contributed by atoms with Crippen LogP contribution in [0.5, 0.6) is 0 Å². The number of hydrogen-bond acceptors (Lipinski definition) is 3. The van der Waals surface area contributed by atoms with Crippen LogP contribution in [0, 0.1) is 0 Å². The van der Waals surface area contributed by atoms with Crippen molar-refractivity contribution in [3.63, 3.8) is 0 Å². The maximum absolute atomic E-state index is 5.68. The van der Waals surface area contributed by atoms with Crippen molar-refractivity contribution in [1.82, 2.24) is 10.6 Å². The molecule has 0 spiro atoms. The van der Waals surface area contributed by atoms with Crippen molar-refractivity contribution in [2.24, 2.45) is 4.99 Å². The molecular weight excluding hydrogens is 429 g/mol. The smallest absolute Gasteiger partial charge is 0.190 e. The largest absolute Gasteiger partial charge is 0.469 e. The molecule has 0 fully saturated rings. The van der Waals surface area contributed by atoms with Crippen molar-refractivity contribution >= 4 is 29.9 Å². The quantitative estimate of drug-likeness (QED) is 0.248. The number of hydrogen-bond donors (Lipinski definition) is 2. The summed E-state index contributed by atoms with van der Waals surface area (Å²) in [6, 6.07) is 14.1. The summed E-state index contributed by atoms with van der Waals surface area (Å²) in [6.07, 6.45) is 4.63. The summed E-state index contributed by atoms with van der Waals surface area (Å²) < 4.78 is 11.0. The molecule has 25 heavy (non-hydrogen) atoms. The number of nitrogens with one attached hydrogen (secondary N) is 2. The van der Waals surface area contributed by atoms with Gasteiger partial charge in [-0.2, -0.15) is 0 Å². The molecule has 138 valence electrons. The predicted molar refractivity (Wildman–Crippen MR) is 113 cm³/mol. The fourth-order valence-electron chi connectivity index (χ4n) is 2.28. The zero-order valence-corrected chi connectivity index (χ0v) is 17.1. The molecular formula is C19H28IN3O2. The Morgan fingerprint density at radius 2 is 1.84 bits per heavy atom. The van der Waals surface area contributed by atoms with E-state index >= 15 is 0 Å². The van der Waals surface area contributed by atoms with Crippen LogP contribution < -0.4 is 10.6 Å². The highest BCUT2D eigenvalue weighted by Crippen LogP contribution is 2.01. The van der Waals surface area contributed by atoms with Gasteiger partial charge in [-0.3, -0.25) is 4.99 Å². The number of furan rings is 1. The molecule has 0 atom stereocenters. The number of benzene rings is 1. The van der Waals surface area contributed by atoms with Crippen LogP contribution in [-0.4, -0.2) is 32.7 Å². The maximum atomic E-state index is 5.68. The average molecular weight is 457 g/mol. The topological polar surface area (TPSA) is 58.8 Å². The highest BCUT2D eigenvalue weighted by Gasteiger charge is 1.99. The van der Waals surface area contributed by atoms with Gasteiger partial charge in [-0.05, 0) is 30.5 Å². The van der Waals surface area contributed by atoms with Crippen LogP contribution >= 0.6 is 24.0 Å². The molecule has 0 saturated carbocycles. The first-order valence-electron chi connectivity index (χ1n) is 8.47. The SMILES string of the molecule is CN=C(NCCCCOCc1ccccc1)NCCc1ccco1.I. The van der Waals surface area contributed by atoms with E-state index in [4.69, 9.17) is 9.15 Å². The molecule has 0 unspecified atom stereocenters. The fraction of sp³-hybridized carbons (Fsp3) is 0.421. The molecule has 0 aliphatic heterocycles. The summed E-state index contributed by atoms with van der Waals surface area (Å²) in [5.41, 5.74) is 1.22. The predicted octanol–water partition coefficient (Wildman–Crippen LogP) is 3.60. The first kappa shape index (κ1) is 21.5. The summed E-state index contributed by atoms with van der Waals surface area (Å²) in [5.74, 6) is 1.81. The molecule has 5 nitrogen and oxygen atoms in total. The minimum absolute atomic E-state index is 0. The lowest BCUT2D eigenvalue weighted by atomic mass is 10.2. The van der Waals surface area contributed by atoms with Crippen LogP contribution in [0.3, 0.4) is 0 Å². The van der Waals surface area contributed by atoms with E-state index in [-0.39, 0.29) is 24.0 Å². The van der Waals surface area contributed by atoms with E-state index in [1.54, 1.807) is 13.3 Å². The van der Waals surface area contributed by atoms with Gasteiger partial charge in [0.15, 0.2) is 5.96 Å². The van der Waals surface area contributed by atoms with Crippen LogP contribution in [0.4, 0.5) is 0 Å². The zero-order valence-electron chi connectivity index (χ0n) is 14.7. The Labute approximate surface area is 167 Å². The number of guanidine groups is 1. The number of nitrogens with zero attached hydrogens (tertiary/aromatic N) is 1. The minimum Gasteiger partial charge on any atom is -0.469 e. The van der Waals surface area contributed by atoms with Crippen LogP contribution in [0.15, 0.2) is 58.1 Å². The average Bonchev–Trinajstić information content (AvgIpc) is 3.13. The first-order chi connectivity index (χ1) is 11.9. The Kier molecular flexibility index (Phi) is 11.8. The number of halogens is 1. The Hall–Kier alpha value is -1.54. The molecule has 2 N–H and O–H groups in total. The van der Waals surface area contributed by atoms with Gasteiger partial charge in [-0.15, -0.1) is 24.0 Å². The van der Waals surface area contributed by atoms with Gasteiger partial charge in [0.25, 0.3) is 0 Å². The van der Waals surface area contributed by atoms with Crippen LogP contribution in [-0.2, 0) is 17.8 Å². The summed E-state index contributed by atoms with van der Waals surface area (Å²) in [6.45, 7) is 3.15. The summed E-state index contributed by atoms with van der Waals surface area (Å²) in [5, 5.41) is 6.59. The molecule has 0 amide bonds. The first-order valence-corrected chi connectivity index (χ1v) is 8.47. The van der Waals surface area contributed by atoms with Gasteiger partial charge in [0.2, 0.25) is 0 Å². The second-order valence-electron chi connectivity index (χ2n) is 5.50. The Morgan fingerprint density at radius 3 is 2.56 bits per heavy atom. The number of aliphatic imine (C=N–C) groups is 1. The van der Waals surface area contributed by atoms with Crippen LogP contribution in [0.25, 0.3) is 0 Å². The highest BCUT2D eigenvalue weighted by atomic mass is 127. The molecule has 2 rings (SSSR count). The third-order valence-electron chi connectivity index (χ3n) is 3.59. The van der Waals surface area contributed by atoms with Gasteiger partial charge in [0, 0.05) is 33.2 Å². The Balaban J connectivity index is 0.00000312. The Morgan fingerprint density at radius 1 is 1.04 bits per heavy atom. The molecule has 0 aliphatic carbocycles. The third kappa shape index (κ3) is 9.50. The second kappa shape index (κ2) is 13.7. The number of rotatable bonds is 10. The van der Waals surface area contributed by atoms with E-state index in [0.717, 1.165) is 50.7 Å². The monoisotopic (exact) mass is 457 g/mol. The van der Waals surface area contributed by atoms with Crippen molar-refractivity contribution < 1.29 is 9.15 Å². The molecule has 0 bridgehead atoms. The van der Waals surface area contributed by atoms with E-state index in [2.05, 4.69) is 27.8 Å². The van der Waals surface area contributed by atoms with Gasteiger partial charge in [0.1, 0.15) is 5.76 Å². The van der Waals surface area contributed by atoms with E-state index in [0.29, 0.717) is 6.61 Å². The lowest BCUT2D eigenvalue weighted by Gasteiger charge is -2.11. The summed E-state index contributed by atoms with van der Waals surface area (Å²) in [4.78, 5) is 4.21. The molecule has 1 heterocycles. The van der Waals surface area contributed by atoms with Gasteiger partial charge in [-0.1, -0.05) is 30.3 Å². The van der Waals surface area contributed by atoms with Crippen molar-refractivity contribution in [2.45, 2.75) is 25.9 Å². The molecule has 6 heteroatoms. The van der Waals surface area contributed by atoms with Crippen molar-refractivity contribution in [1.29, 1.82) is 0 Å². The highest BCUT2D eigenvalue weighted by molar-refractivity contribution is 14.0. The zero-order chi connectivity index (χ0) is 16.9. The third-order valence-corrected chi connectivity index (χ3v) is 3.59. The van der Waals surface area contributed by atoms with Gasteiger partial charge in [0.05, 0.1) is 12.9 Å². The number of unbranched alkanes of at least 4 members (excludes halogenated alkanes) is 1. The van der Waals surface area contributed by atoms with Crippen molar-refractivity contribution in [3.05, 3.63) is 60.1 Å². The molecule has 0 saturated heterocycles. The fourth-order valence-corrected chi connectivity index (χ4v) is 2.28. The van der Waals surface area contributed by atoms with Crippen molar-refractivity contribution in [3.8, 4) is 0 Å². The maximum Gasteiger partial charge on any atom is 0.190 e. The van der Waals surface area contributed by atoms with E-state index in [9.17, 15) is 0 Å². The Bertz CT molecular complexity index is 574. The second-order valence-corrected chi connectivity index (χ2v) is 5.50. The normalized spacial score (nSPS) is 11.0. The van der Waals surface area contributed by atoms with E-state index < -0.39 is 0 Å². The standard InChI is InChI=1S/C19H27N3O2.HI/c1-20-19(22-13-11-18-10-7-15-24-18)21-12-5-6-14-23-16-17-8-3-2-4-9-17;/h2-4,7-10,15H,5-6,11-14,16H2,1H3,(H2,20,21,22);1H. The molecule has 1 aromatic heterocycles. The van der Waals surface area contributed by atoms with Gasteiger partial charge in [-0.25, -0.2) is 0 Å². The minimum atomic E-state index is 0. The van der Waals surface area contributed by atoms with E-state index in [1.807, 2.05) is 30.3 Å². The van der Waals surface area contributed by atoms with Crippen molar-refractivity contribution in [2.75, 3.05) is 26.7 Å². The van der Waals surface area contributed by atoms with Gasteiger partial charge < -0.3 is 19.8 Å². The molecule has 0 radical (unpaired) electrons. The summed E-state index contributed by atoms with van der Waals surface area (Å²) in [7, 11) is 1.78. The van der Waals surface area contributed by atoms with E-state index in [1.165, 1.54) is 5.56 Å². The molecule has 1 aromatic carbocycles. The molecule has 2 aromatic rings. The number of ether oxygens (including phenoxy) is 1. The summed E-state index contributed by atoms with van der Waals surface area (Å²) >= 11 is 0. The lowest BCUT2D eigenvalue weighted by Crippen LogP contribution is -2.38. The van der Waals surface area contributed by atoms with Gasteiger partial charge >= 0.3 is 0 Å². The van der Waals surface area contributed by atoms with Crippen LogP contribution in [0.2, 0.25) is 0 Å².